The van der Waals surface area contributed by atoms with Gasteiger partial charge in [-0.3, -0.25) is 4.79 Å². The summed E-state index contributed by atoms with van der Waals surface area (Å²) in [5.41, 5.74) is 1.54. The highest BCUT2D eigenvalue weighted by molar-refractivity contribution is 5.98. The number of nitrogens with zero attached hydrogens (tertiary/aromatic N) is 3. The van der Waals surface area contributed by atoms with E-state index in [2.05, 4.69) is 10.1 Å². The van der Waals surface area contributed by atoms with Gasteiger partial charge in [-0.1, -0.05) is 65.8 Å². The van der Waals surface area contributed by atoms with E-state index in [0.29, 0.717) is 23.8 Å². The van der Waals surface area contributed by atoms with Gasteiger partial charge in [0.05, 0.1) is 0 Å². The smallest absolute Gasteiger partial charge is 0.254 e. The summed E-state index contributed by atoms with van der Waals surface area (Å²) in [6.07, 6.45) is 0. The first kappa shape index (κ1) is 17.0. The summed E-state index contributed by atoms with van der Waals surface area (Å²) < 4.78 is 5.35. The first-order valence-corrected chi connectivity index (χ1v) is 8.90. The Morgan fingerprint density at radius 3 is 2.48 bits per heavy atom. The summed E-state index contributed by atoms with van der Waals surface area (Å²) >= 11 is 0. The predicted octanol–water partition coefficient (Wildman–Crippen LogP) is 4.55. The maximum Gasteiger partial charge on any atom is 0.254 e. The SMILES string of the molecule is CCN(Cc1nc(-c2ccccc2)no1)C(=O)c1ccc2ccccc2c1. The average molecular weight is 357 g/mol. The molecule has 3 aromatic carbocycles. The van der Waals surface area contributed by atoms with E-state index < -0.39 is 0 Å². The molecule has 1 heterocycles. The Hall–Kier alpha value is -3.47. The third kappa shape index (κ3) is 3.58. The Kier molecular flexibility index (Phi) is 4.66. The third-order valence-corrected chi connectivity index (χ3v) is 4.49. The van der Waals surface area contributed by atoms with E-state index in [1.165, 1.54) is 0 Å². The molecule has 4 rings (SSSR count). The van der Waals surface area contributed by atoms with Crippen molar-refractivity contribution in [1.82, 2.24) is 15.0 Å². The highest BCUT2D eigenvalue weighted by Gasteiger charge is 2.18. The van der Waals surface area contributed by atoms with Gasteiger partial charge in [0.15, 0.2) is 0 Å². The van der Waals surface area contributed by atoms with Crippen molar-refractivity contribution in [1.29, 1.82) is 0 Å². The number of carbonyl (C=O) groups is 1. The first-order chi connectivity index (χ1) is 13.2. The minimum atomic E-state index is -0.0530. The normalized spacial score (nSPS) is 10.9. The van der Waals surface area contributed by atoms with Crippen LogP contribution < -0.4 is 0 Å². The predicted molar refractivity (Wildman–Crippen MR) is 104 cm³/mol. The molecule has 5 nitrogen and oxygen atoms in total. The maximum atomic E-state index is 12.9. The van der Waals surface area contributed by atoms with Gasteiger partial charge in [-0.25, -0.2) is 0 Å². The number of benzene rings is 3. The van der Waals surface area contributed by atoms with E-state index in [9.17, 15) is 4.79 Å². The van der Waals surface area contributed by atoms with Crippen molar-refractivity contribution in [3.05, 3.63) is 84.3 Å². The highest BCUT2D eigenvalue weighted by atomic mass is 16.5. The zero-order valence-corrected chi connectivity index (χ0v) is 15.0. The van der Waals surface area contributed by atoms with Gasteiger partial charge in [-0.15, -0.1) is 0 Å². The molecular formula is C22H19N3O2. The van der Waals surface area contributed by atoms with Crippen LogP contribution in [0.25, 0.3) is 22.2 Å². The molecule has 1 amide bonds. The lowest BCUT2D eigenvalue weighted by Crippen LogP contribution is -2.30. The first-order valence-electron chi connectivity index (χ1n) is 8.90. The molecule has 5 heteroatoms. The molecule has 0 fully saturated rings. The standard InChI is InChI=1S/C22H19N3O2/c1-2-25(15-20-23-21(24-27-20)17-9-4-3-5-10-17)22(26)19-13-12-16-8-6-7-11-18(16)14-19/h3-14H,2,15H2,1H3. The highest BCUT2D eigenvalue weighted by Crippen LogP contribution is 2.19. The van der Waals surface area contributed by atoms with Gasteiger partial charge in [0.25, 0.3) is 5.91 Å². The van der Waals surface area contributed by atoms with Crippen molar-refractivity contribution in [3.63, 3.8) is 0 Å². The molecule has 0 radical (unpaired) electrons. The lowest BCUT2D eigenvalue weighted by atomic mass is 10.1. The van der Waals surface area contributed by atoms with Gasteiger partial charge in [-0.05, 0) is 29.8 Å². The van der Waals surface area contributed by atoms with Gasteiger partial charge in [0.1, 0.15) is 6.54 Å². The maximum absolute atomic E-state index is 12.9. The Balaban J connectivity index is 1.54. The molecule has 0 saturated heterocycles. The van der Waals surface area contributed by atoms with Crippen LogP contribution in [0, 0.1) is 0 Å². The minimum absolute atomic E-state index is 0.0530. The van der Waals surface area contributed by atoms with Gasteiger partial charge >= 0.3 is 0 Å². The number of hydrogen-bond donors (Lipinski definition) is 0. The fourth-order valence-corrected chi connectivity index (χ4v) is 3.02. The van der Waals surface area contributed by atoms with Crippen LogP contribution >= 0.6 is 0 Å². The van der Waals surface area contributed by atoms with Crippen LogP contribution in [0.5, 0.6) is 0 Å². The van der Waals surface area contributed by atoms with Crippen LogP contribution in [0.1, 0.15) is 23.2 Å². The lowest BCUT2D eigenvalue weighted by Gasteiger charge is -2.19. The molecule has 0 aliphatic carbocycles. The van der Waals surface area contributed by atoms with Crippen LogP contribution in [0.2, 0.25) is 0 Å². The third-order valence-electron chi connectivity index (χ3n) is 4.49. The zero-order chi connectivity index (χ0) is 18.6. The number of rotatable bonds is 5. The molecule has 0 spiro atoms. The second kappa shape index (κ2) is 7.41. The van der Waals surface area contributed by atoms with E-state index in [1.807, 2.05) is 79.7 Å². The molecular weight excluding hydrogens is 338 g/mol. The van der Waals surface area contributed by atoms with Gasteiger partial charge < -0.3 is 9.42 Å². The number of aromatic nitrogens is 2. The summed E-state index contributed by atoms with van der Waals surface area (Å²) in [5, 5.41) is 6.18. The monoisotopic (exact) mass is 357 g/mol. The van der Waals surface area contributed by atoms with E-state index in [4.69, 9.17) is 4.52 Å². The van der Waals surface area contributed by atoms with Crippen molar-refractivity contribution < 1.29 is 9.32 Å². The Labute approximate surface area is 157 Å². The molecule has 27 heavy (non-hydrogen) atoms. The van der Waals surface area contributed by atoms with E-state index >= 15 is 0 Å². The quantitative estimate of drug-likeness (QED) is 0.526. The fraction of sp³-hybridized carbons (Fsp3) is 0.136. The molecule has 0 unspecified atom stereocenters. The summed E-state index contributed by atoms with van der Waals surface area (Å²) in [6, 6.07) is 23.4. The molecule has 4 aromatic rings. The van der Waals surface area contributed by atoms with Crippen molar-refractivity contribution in [3.8, 4) is 11.4 Å². The summed E-state index contributed by atoms with van der Waals surface area (Å²) in [6.45, 7) is 2.77. The topological polar surface area (TPSA) is 59.2 Å². The number of amides is 1. The van der Waals surface area contributed by atoms with Crippen LogP contribution in [-0.2, 0) is 6.54 Å². The second-order valence-corrected chi connectivity index (χ2v) is 6.26. The minimum Gasteiger partial charge on any atom is -0.337 e. The van der Waals surface area contributed by atoms with Crippen molar-refractivity contribution >= 4 is 16.7 Å². The average Bonchev–Trinajstić information content (AvgIpc) is 3.20. The van der Waals surface area contributed by atoms with E-state index in [0.717, 1.165) is 16.3 Å². The fourth-order valence-electron chi connectivity index (χ4n) is 3.02. The van der Waals surface area contributed by atoms with Gasteiger partial charge in [-0.2, -0.15) is 4.98 Å². The van der Waals surface area contributed by atoms with E-state index in [1.54, 1.807) is 4.90 Å². The molecule has 0 aliphatic rings. The van der Waals surface area contributed by atoms with Crippen LogP contribution in [0.15, 0.2) is 77.3 Å². The number of fused-ring (bicyclic) bond motifs is 1. The molecule has 0 aliphatic heterocycles. The van der Waals surface area contributed by atoms with Crippen LogP contribution in [-0.4, -0.2) is 27.5 Å². The Bertz CT molecular complexity index is 1070. The second-order valence-electron chi connectivity index (χ2n) is 6.26. The van der Waals surface area contributed by atoms with Crippen molar-refractivity contribution in [2.45, 2.75) is 13.5 Å². The summed E-state index contributed by atoms with van der Waals surface area (Å²) in [7, 11) is 0. The summed E-state index contributed by atoms with van der Waals surface area (Å²) in [5.74, 6) is 0.896. The summed E-state index contributed by atoms with van der Waals surface area (Å²) in [4.78, 5) is 19.1. The largest absolute Gasteiger partial charge is 0.337 e. The number of hydrogen-bond acceptors (Lipinski definition) is 4. The molecule has 0 N–H and O–H groups in total. The molecule has 0 bridgehead atoms. The molecule has 1 aromatic heterocycles. The van der Waals surface area contributed by atoms with Crippen LogP contribution in [0.4, 0.5) is 0 Å². The van der Waals surface area contributed by atoms with Crippen LogP contribution in [0.3, 0.4) is 0 Å². The lowest BCUT2D eigenvalue weighted by molar-refractivity contribution is 0.0734. The van der Waals surface area contributed by atoms with Gasteiger partial charge in [0.2, 0.25) is 11.7 Å². The Morgan fingerprint density at radius 1 is 0.963 bits per heavy atom. The molecule has 0 saturated carbocycles. The number of carbonyl (C=O) groups excluding carboxylic acids is 1. The molecule has 0 atom stereocenters. The van der Waals surface area contributed by atoms with Crippen molar-refractivity contribution in [2.75, 3.05) is 6.54 Å². The van der Waals surface area contributed by atoms with Gasteiger partial charge in [0, 0.05) is 17.7 Å². The Morgan fingerprint density at radius 2 is 1.70 bits per heavy atom. The zero-order valence-electron chi connectivity index (χ0n) is 15.0. The molecule has 134 valence electrons. The van der Waals surface area contributed by atoms with Crippen molar-refractivity contribution in [2.24, 2.45) is 0 Å². The van der Waals surface area contributed by atoms with E-state index in [-0.39, 0.29) is 12.5 Å².